The van der Waals surface area contributed by atoms with Crippen LogP contribution in [0, 0.1) is 5.82 Å². The first kappa shape index (κ1) is 20.8. The average molecular weight is 415 g/mol. The van der Waals surface area contributed by atoms with Crippen LogP contribution in [0.5, 0.6) is 5.75 Å². The van der Waals surface area contributed by atoms with E-state index in [9.17, 15) is 32.3 Å². The van der Waals surface area contributed by atoms with Crippen molar-refractivity contribution in [3.63, 3.8) is 0 Å². The zero-order valence-corrected chi connectivity index (χ0v) is 15.4. The number of ether oxygens (including phenoxy) is 1. The van der Waals surface area contributed by atoms with Gasteiger partial charge in [0.2, 0.25) is 5.75 Å². The molecule has 1 aliphatic heterocycles. The van der Waals surface area contributed by atoms with Gasteiger partial charge in [-0.25, -0.2) is 9.37 Å². The van der Waals surface area contributed by atoms with Crippen molar-refractivity contribution in [2.24, 2.45) is 0 Å². The molecule has 0 atom stereocenters. The van der Waals surface area contributed by atoms with Crippen molar-refractivity contribution in [1.82, 2.24) is 14.9 Å². The molecule has 11 heteroatoms. The lowest BCUT2D eigenvalue weighted by Gasteiger charge is -2.32. The molecule has 1 amide bonds. The molecule has 0 saturated carbocycles. The normalized spacial score (nSPS) is 15.7. The lowest BCUT2D eigenvalue weighted by atomic mass is 10.1. The maximum absolute atomic E-state index is 13.2. The predicted molar refractivity (Wildman–Crippen MR) is 91.7 cm³/mol. The fourth-order valence-electron chi connectivity index (χ4n) is 3.05. The van der Waals surface area contributed by atoms with Crippen LogP contribution in [-0.4, -0.2) is 27.2 Å². The quantitative estimate of drug-likeness (QED) is 0.751. The van der Waals surface area contributed by atoms with E-state index in [1.54, 1.807) is 13.8 Å². The van der Waals surface area contributed by atoms with Crippen molar-refractivity contribution in [3.05, 3.63) is 57.0 Å². The number of hydrogen-bond acceptors (Lipinski definition) is 5. The molecule has 2 heterocycles. The fraction of sp³-hybridized carbons (Fsp3) is 0.389. The standard InChI is InChI=1S/C18H17F4N3O4/c1-17(2)16-24-12(13(26)15(28)25(16)5-6-29-17)14(27)23-8-9-3-4-10(19)7-11(9)18(20,21)22/h3-4,7,26H,5-6,8H2,1-2H3,(H,23,27). The van der Waals surface area contributed by atoms with Gasteiger partial charge in [-0.15, -0.1) is 0 Å². The van der Waals surface area contributed by atoms with Crippen molar-refractivity contribution < 1.29 is 32.2 Å². The number of aromatic nitrogens is 2. The summed E-state index contributed by atoms with van der Waals surface area (Å²) in [5.41, 5.74) is -4.12. The van der Waals surface area contributed by atoms with E-state index in [4.69, 9.17) is 4.74 Å². The van der Waals surface area contributed by atoms with Gasteiger partial charge in [0.05, 0.1) is 18.7 Å². The smallest absolute Gasteiger partial charge is 0.416 e. The van der Waals surface area contributed by atoms with Crippen molar-refractivity contribution >= 4 is 5.91 Å². The van der Waals surface area contributed by atoms with Crippen LogP contribution in [0.1, 0.15) is 41.3 Å². The molecule has 0 saturated heterocycles. The Morgan fingerprint density at radius 3 is 2.72 bits per heavy atom. The molecule has 0 unspecified atom stereocenters. The van der Waals surface area contributed by atoms with Crippen LogP contribution < -0.4 is 10.9 Å². The number of benzene rings is 1. The summed E-state index contributed by atoms with van der Waals surface area (Å²) in [6.07, 6.45) is -4.82. The molecule has 156 valence electrons. The Hall–Kier alpha value is -2.95. The van der Waals surface area contributed by atoms with E-state index in [1.165, 1.54) is 4.57 Å². The number of carbonyl (C=O) groups excluding carboxylic acids is 1. The summed E-state index contributed by atoms with van der Waals surface area (Å²) < 4.78 is 59.1. The van der Waals surface area contributed by atoms with Crippen LogP contribution in [0.2, 0.25) is 0 Å². The van der Waals surface area contributed by atoms with E-state index < -0.39 is 52.6 Å². The molecule has 7 nitrogen and oxygen atoms in total. The third-order valence-electron chi connectivity index (χ3n) is 4.49. The highest BCUT2D eigenvalue weighted by atomic mass is 19.4. The third-order valence-corrected chi connectivity index (χ3v) is 4.49. The van der Waals surface area contributed by atoms with Crippen molar-refractivity contribution in [1.29, 1.82) is 0 Å². The van der Waals surface area contributed by atoms with Gasteiger partial charge < -0.3 is 15.2 Å². The number of nitrogens with one attached hydrogen (secondary N) is 1. The molecular formula is C18H17F4N3O4. The van der Waals surface area contributed by atoms with E-state index in [0.29, 0.717) is 6.07 Å². The monoisotopic (exact) mass is 415 g/mol. The van der Waals surface area contributed by atoms with Crippen LogP contribution in [0.15, 0.2) is 23.0 Å². The predicted octanol–water partition coefficient (Wildman–Crippen LogP) is 2.30. The van der Waals surface area contributed by atoms with Gasteiger partial charge in [-0.2, -0.15) is 13.2 Å². The second-order valence-corrected chi connectivity index (χ2v) is 6.93. The zero-order chi connectivity index (χ0) is 21.6. The van der Waals surface area contributed by atoms with Crippen LogP contribution in [-0.2, 0) is 29.6 Å². The number of halogens is 4. The highest BCUT2D eigenvalue weighted by molar-refractivity contribution is 5.94. The molecule has 0 radical (unpaired) electrons. The first-order valence-electron chi connectivity index (χ1n) is 8.54. The van der Waals surface area contributed by atoms with Crippen LogP contribution >= 0.6 is 0 Å². The molecular weight excluding hydrogens is 398 g/mol. The third kappa shape index (κ3) is 3.95. The van der Waals surface area contributed by atoms with Gasteiger partial charge in [0, 0.05) is 6.54 Å². The Kier molecular flexibility index (Phi) is 5.11. The number of amides is 1. The molecule has 2 N–H and O–H groups in total. The van der Waals surface area contributed by atoms with E-state index in [0.717, 1.165) is 12.1 Å². The molecule has 29 heavy (non-hydrogen) atoms. The van der Waals surface area contributed by atoms with Gasteiger partial charge in [0.1, 0.15) is 17.2 Å². The molecule has 1 aliphatic rings. The van der Waals surface area contributed by atoms with Crippen LogP contribution in [0.25, 0.3) is 0 Å². The Morgan fingerprint density at radius 1 is 1.38 bits per heavy atom. The van der Waals surface area contributed by atoms with Gasteiger partial charge in [-0.05, 0) is 31.5 Å². The Morgan fingerprint density at radius 2 is 2.07 bits per heavy atom. The summed E-state index contributed by atoms with van der Waals surface area (Å²) in [7, 11) is 0. The van der Waals surface area contributed by atoms with Crippen LogP contribution in [0.4, 0.5) is 17.6 Å². The molecule has 0 fully saturated rings. The number of carbonyl (C=O) groups is 1. The van der Waals surface area contributed by atoms with Gasteiger partial charge in [0.15, 0.2) is 5.69 Å². The zero-order valence-electron chi connectivity index (χ0n) is 15.4. The summed E-state index contributed by atoms with van der Waals surface area (Å²) in [5, 5.41) is 12.3. The molecule has 3 rings (SSSR count). The topological polar surface area (TPSA) is 93.5 Å². The first-order chi connectivity index (χ1) is 13.4. The fourth-order valence-corrected chi connectivity index (χ4v) is 3.05. The number of alkyl halides is 3. The maximum Gasteiger partial charge on any atom is 0.416 e. The highest BCUT2D eigenvalue weighted by Crippen LogP contribution is 2.32. The number of fused-ring (bicyclic) bond motifs is 1. The summed E-state index contributed by atoms with van der Waals surface area (Å²) in [6, 6.07) is 2.05. The average Bonchev–Trinajstić information content (AvgIpc) is 2.62. The molecule has 1 aromatic carbocycles. The Labute approximate surface area is 161 Å². The SMILES string of the molecule is CC1(C)OCCn2c1nc(C(=O)NCc1ccc(F)cc1C(F)(F)F)c(O)c2=O. The highest BCUT2D eigenvalue weighted by Gasteiger charge is 2.35. The molecule has 1 aromatic heterocycles. The van der Waals surface area contributed by atoms with E-state index >= 15 is 0 Å². The largest absolute Gasteiger partial charge is 0.501 e. The molecule has 0 bridgehead atoms. The summed E-state index contributed by atoms with van der Waals surface area (Å²) >= 11 is 0. The number of nitrogens with zero attached hydrogens (tertiary/aromatic N) is 2. The minimum absolute atomic E-state index is 0.106. The minimum Gasteiger partial charge on any atom is -0.501 e. The van der Waals surface area contributed by atoms with Gasteiger partial charge >= 0.3 is 6.18 Å². The number of aromatic hydroxyl groups is 1. The van der Waals surface area contributed by atoms with Gasteiger partial charge in [-0.3, -0.25) is 14.2 Å². The lowest BCUT2D eigenvalue weighted by Crippen LogP contribution is -2.42. The second-order valence-electron chi connectivity index (χ2n) is 6.93. The van der Waals surface area contributed by atoms with Crippen molar-refractivity contribution in [3.8, 4) is 5.75 Å². The summed E-state index contributed by atoms with van der Waals surface area (Å²) in [4.78, 5) is 28.8. The first-order valence-corrected chi connectivity index (χ1v) is 8.54. The Balaban J connectivity index is 1.92. The van der Waals surface area contributed by atoms with E-state index in [2.05, 4.69) is 10.3 Å². The van der Waals surface area contributed by atoms with Gasteiger partial charge in [-0.1, -0.05) is 6.07 Å². The molecule has 0 aliphatic carbocycles. The number of hydrogen-bond donors (Lipinski definition) is 2. The van der Waals surface area contributed by atoms with E-state index in [-0.39, 0.29) is 24.5 Å². The maximum atomic E-state index is 13.2. The lowest BCUT2D eigenvalue weighted by molar-refractivity contribution is -0.138. The number of rotatable bonds is 3. The van der Waals surface area contributed by atoms with Crippen molar-refractivity contribution in [2.45, 2.75) is 38.7 Å². The Bertz CT molecular complexity index is 1030. The van der Waals surface area contributed by atoms with Gasteiger partial charge in [0.25, 0.3) is 11.5 Å². The van der Waals surface area contributed by atoms with Crippen LogP contribution in [0.3, 0.4) is 0 Å². The van der Waals surface area contributed by atoms with E-state index in [1.807, 2.05) is 0 Å². The van der Waals surface area contributed by atoms with Crippen molar-refractivity contribution in [2.75, 3.05) is 6.61 Å². The second kappa shape index (κ2) is 7.14. The minimum atomic E-state index is -4.82. The summed E-state index contributed by atoms with van der Waals surface area (Å²) in [5.74, 6) is -2.94. The summed E-state index contributed by atoms with van der Waals surface area (Å²) in [6.45, 7) is 2.96. The molecule has 0 spiro atoms. The molecule has 2 aromatic rings.